The molecule has 0 aromatic heterocycles. The van der Waals surface area contributed by atoms with Crippen LogP contribution in [0.3, 0.4) is 0 Å². The van der Waals surface area contributed by atoms with Gasteiger partial charge in [-0.2, -0.15) is 0 Å². The number of aryl methyl sites for hydroxylation is 2. The fourth-order valence-electron chi connectivity index (χ4n) is 2.33. The molecule has 130 valence electrons. The topological polar surface area (TPSA) is 55.1 Å². The molecule has 0 aliphatic rings. The number of hydrogen-bond donors (Lipinski definition) is 2. The van der Waals surface area contributed by atoms with Crippen molar-refractivity contribution >= 4 is 30.1 Å². The van der Waals surface area contributed by atoms with Crippen molar-refractivity contribution in [3.05, 3.63) is 64.7 Å². The molecule has 0 radical (unpaired) electrons. The van der Waals surface area contributed by atoms with E-state index in [9.17, 15) is 4.79 Å². The van der Waals surface area contributed by atoms with Gasteiger partial charge in [0, 0.05) is 22.8 Å². The predicted molar refractivity (Wildman–Crippen MR) is 105 cm³/mol. The van der Waals surface area contributed by atoms with E-state index in [1.54, 1.807) is 11.8 Å². The van der Waals surface area contributed by atoms with E-state index in [0.29, 0.717) is 18.7 Å². The second-order valence-corrected chi connectivity index (χ2v) is 6.67. The maximum absolute atomic E-state index is 12.1. The van der Waals surface area contributed by atoms with Crippen LogP contribution in [0.5, 0.6) is 0 Å². The van der Waals surface area contributed by atoms with E-state index < -0.39 is 0 Å². The zero-order valence-electron chi connectivity index (χ0n) is 14.2. The highest BCUT2D eigenvalue weighted by Gasteiger charge is 2.06. The Hall–Kier alpha value is -1.49. The summed E-state index contributed by atoms with van der Waals surface area (Å²) in [6.07, 6.45) is 0.800. The third kappa shape index (κ3) is 6.19. The maximum atomic E-state index is 12.1. The molecule has 3 nitrogen and oxygen atoms in total. The lowest BCUT2D eigenvalue weighted by atomic mass is 10.1. The zero-order chi connectivity index (χ0) is 16.7. The highest BCUT2D eigenvalue weighted by molar-refractivity contribution is 7.98. The van der Waals surface area contributed by atoms with Crippen LogP contribution in [0.15, 0.2) is 47.4 Å². The molecule has 24 heavy (non-hydrogen) atoms. The molecule has 0 saturated heterocycles. The van der Waals surface area contributed by atoms with Crippen LogP contribution in [0, 0.1) is 13.8 Å². The van der Waals surface area contributed by atoms with E-state index in [2.05, 4.69) is 43.4 Å². The minimum Gasteiger partial charge on any atom is -0.352 e. The van der Waals surface area contributed by atoms with Crippen molar-refractivity contribution in [3.8, 4) is 0 Å². The molecule has 0 bridgehead atoms. The summed E-state index contributed by atoms with van der Waals surface area (Å²) in [6, 6.07) is 14.3. The number of nitrogens with two attached hydrogens (primary N) is 1. The van der Waals surface area contributed by atoms with E-state index in [1.165, 1.54) is 16.0 Å². The Morgan fingerprint density at radius 2 is 1.96 bits per heavy atom. The number of nitrogens with one attached hydrogen (secondary N) is 1. The number of amides is 1. The fraction of sp³-hybridized carbons (Fsp3) is 0.316. The first kappa shape index (κ1) is 20.6. The normalized spacial score (nSPS) is 10.1. The van der Waals surface area contributed by atoms with Gasteiger partial charge < -0.3 is 11.1 Å². The number of halogens is 1. The van der Waals surface area contributed by atoms with Crippen LogP contribution in [0.25, 0.3) is 0 Å². The van der Waals surface area contributed by atoms with Crippen molar-refractivity contribution in [1.29, 1.82) is 0 Å². The van der Waals surface area contributed by atoms with Crippen molar-refractivity contribution < 1.29 is 4.79 Å². The number of benzene rings is 2. The first-order valence-corrected chi connectivity index (χ1v) is 8.86. The van der Waals surface area contributed by atoms with Crippen LogP contribution in [-0.2, 0) is 5.75 Å². The number of hydrogen-bond acceptors (Lipinski definition) is 3. The Kier molecular flexibility index (Phi) is 8.90. The van der Waals surface area contributed by atoms with Crippen LogP contribution in [-0.4, -0.2) is 19.0 Å². The Morgan fingerprint density at radius 3 is 2.67 bits per heavy atom. The van der Waals surface area contributed by atoms with Crippen LogP contribution in [0.1, 0.15) is 33.5 Å². The van der Waals surface area contributed by atoms with Gasteiger partial charge in [0.25, 0.3) is 5.91 Å². The molecule has 2 aromatic rings. The Bertz CT molecular complexity index is 676. The molecule has 1 amide bonds. The third-order valence-corrected chi connectivity index (χ3v) is 4.83. The lowest BCUT2D eigenvalue weighted by Gasteiger charge is -2.08. The average Bonchev–Trinajstić information content (AvgIpc) is 2.54. The molecule has 5 heteroatoms. The molecule has 0 spiro atoms. The van der Waals surface area contributed by atoms with Gasteiger partial charge in [0.15, 0.2) is 0 Å². The molecule has 0 saturated carbocycles. The Labute approximate surface area is 154 Å². The van der Waals surface area contributed by atoms with Crippen molar-refractivity contribution in [3.63, 3.8) is 0 Å². The van der Waals surface area contributed by atoms with Gasteiger partial charge >= 0.3 is 0 Å². The number of carbonyl (C=O) groups excluding carboxylic acids is 1. The van der Waals surface area contributed by atoms with Gasteiger partial charge in [-0.25, -0.2) is 0 Å². The highest BCUT2D eigenvalue weighted by atomic mass is 35.5. The molecule has 0 aliphatic heterocycles. The van der Waals surface area contributed by atoms with E-state index in [0.717, 1.165) is 17.7 Å². The molecule has 0 fully saturated rings. The van der Waals surface area contributed by atoms with Crippen LogP contribution in [0.2, 0.25) is 0 Å². The second-order valence-electron chi connectivity index (χ2n) is 5.66. The highest BCUT2D eigenvalue weighted by Crippen LogP contribution is 2.26. The van der Waals surface area contributed by atoms with Gasteiger partial charge in [-0.15, -0.1) is 24.2 Å². The number of rotatable bonds is 7. The first-order chi connectivity index (χ1) is 11.1. The fourth-order valence-corrected chi connectivity index (χ4v) is 3.28. The van der Waals surface area contributed by atoms with Crippen LogP contribution >= 0.6 is 24.2 Å². The van der Waals surface area contributed by atoms with Crippen molar-refractivity contribution in [1.82, 2.24) is 5.32 Å². The molecule has 0 heterocycles. The van der Waals surface area contributed by atoms with E-state index in [4.69, 9.17) is 5.73 Å². The summed E-state index contributed by atoms with van der Waals surface area (Å²) < 4.78 is 0. The van der Waals surface area contributed by atoms with Gasteiger partial charge in [-0.05, 0) is 56.1 Å². The van der Waals surface area contributed by atoms with E-state index >= 15 is 0 Å². The largest absolute Gasteiger partial charge is 0.352 e. The van der Waals surface area contributed by atoms with Gasteiger partial charge in [-0.1, -0.05) is 29.8 Å². The summed E-state index contributed by atoms with van der Waals surface area (Å²) in [4.78, 5) is 13.4. The summed E-state index contributed by atoms with van der Waals surface area (Å²) >= 11 is 1.80. The summed E-state index contributed by atoms with van der Waals surface area (Å²) in [6.45, 7) is 5.45. The van der Waals surface area contributed by atoms with E-state index in [-0.39, 0.29) is 18.3 Å². The van der Waals surface area contributed by atoms with Crippen molar-refractivity contribution in [2.24, 2.45) is 5.73 Å². The Balaban J connectivity index is 0.00000288. The Morgan fingerprint density at radius 1 is 1.17 bits per heavy atom. The SMILES string of the molecule is Cc1ccc(SCc2cccc(C(=O)NCCCN)c2)c(C)c1.Cl. The van der Waals surface area contributed by atoms with Gasteiger partial charge in [0.05, 0.1) is 0 Å². The minimum absolute atomic E-state index is 0. The third-order valence-electron chi connectivity index (χ3n) is 3.58. The second kappa shape index (κ2) is 10.4. The zero-order valence-corrected chi connectivity index (χ0v) is 15.8. The molecular formula is C19H25ClN2OS. The molecule has 0 unspecified atom stereocenters. The summed E-state index contributed by atoms with van der Waals surface area (Å²) in [5.41, 5.74) is 9.88. The quantitative estimate of drug-likeness (QED) is 0.574. The van der Waals surface area contributed by atoms with Crippen molar-refractivity contribution in [2.75, 3.05) is 13.1 Å². The molecule has 2 aromatic carbocycles. The van der Waals surface area contributed by atoms with Gasteiger partial charge in [0.1, 0.15) is 0 Å². The molecule has 2 rings (SSSR count). The minimum atomic E-state index is -0.0307. The standard InChI is InChI=1S/C19H24N2OS.ClH/c1-14-7-8-18(15(2)11-14)23-13-16-5-3-6-17(12-16)19(22)21-10-4-9-20;/h3,5-8,11-12H,4,9-10,13,20H2,1-2H3,(H,21,22);1H. The van der Waals surface area contributed by atoms with E-state index in [1.807, 2.05) is 18.2 Å². The lowest BCUT2D eigenvalue weighted by molar-refractivity contribution is 0.0953. The maximum Gasteiger partial charge on any atom is 0.251 e. The van der Waals surface area contributed by atoms with Crippen LogP contribution in [0.4, 0.5) is 0 Å². The summed E-state index contributed by atoms with van der Waals surface area (Å²) in [5, 5.41) is 2.89. The smallest absolute Gasteiger partial charge is 0.251 e. The van der Waals surface area contributed by atoms with Crippen LogP contribution < -0.4 is 11.1 Å². The molecular weight excluding hydrogens is 340 g/mol. The monoisotopic (exact) mass is 364 g/mol. The number of thioether (sulfide) groups is 1. The molecule has 0 aliphatic carbocycles. The summed E-state index contributed by atoms with van der Waals surface area (Å²) in [7, 11) is 0. The molecule has 3 N–H and O–H groups in total. The van der Waals surface area contributed by atoms with Gasteiger partial charge in [0.2, 0.25) is 0 Å². The lowest BCUT2D eigenvalue weighted by Crippen LogP contribution is -2.25. The van der Waals surface area contributed by atoms with Crippen molar-refractivity contribution in [2.45, 2.75) is 30.9 Å². The first-order valence-electron chi connectivity index (χ1n) is 7.87. The van der Waals surface area contributed by atoms with Gasteiger partial charge in [-0.3, -0.25) is 4.79 Å². The summed E-state index contributed by atoms with van der Waals surface area (Å²) in [5.74, 6) is 0.824. The predicted octanol–water partition coefficient (Wildman–Crippen LogP) is 4.10. The number of carbonyl (C=O) groups is 1. The average molecular weight is 365 g/mol. The molecule has 0 atom stereocenters.